The van der Waals surface area contributed by atoms with Crippen LogP contribution in [-0.2, 0) is 11.3 Å². The van der Waals surface area contributed by atoms with Crippen LogP contribution in [0.2, 0.25) is 0 Å². The highest BCUT2D eigenvalue weighted by Gasteiger charge is 2.37. The van der Waals surface area contributed by atoms with E-state index in [4.69, 9.17) is 5.73 Å². The largest absolute Gasteiger partial charge is 0.350 e. The monoisotopic (exact) mass is 345 g/mol. The average molecular weight is 345 g/mol. The van der Waals surface area contributed by atoms with Gasteiger partial charge >= 0.3 is 0 Å². The lowest BCUT2D eigenvalue weighted by Gasteiger charge is -2.24. The molecule has 0 aliphatic carbocycles. The van der Waals surface area contributed by atoms with E-state index >= 15 is 0 Å². The van der Waals surface area contributed by atoms with Gasteiger partial charge in [0.05, 0.1) is 28.7 Å². The molecule has 5 N–H and O–H groups in total. The third-order valence-corrected chi connectivity index (χ3v) is 5.36. The summed E-state index contributed by atoms with van der Waals surface area (Å²) in [6.45, 7) is 4.51. The number of benzene rings is 1. The summed E-state index contributed by atoms with van der Waals surface area (Å²) in [6, 6.07) is 9.74. The van der Waals surface area contributed by atoms with Gasteiger partial charge in [-0.3, -0.25) is 15.6 Å². The molecule has 2 aromatic rings. The molecule has 1 fully saturated rings. The van der Waals surface area contributed by atoms with Crippen LogP contribution in [-0.4, -0.2) is 29.0 Å². The van der Waals surface area contributed by atoms with Crippen molar-refractivity contribution in [3.8, 4) is 11.3 Å². The molecule has 128 valence electrons. The Morgan fingerprint density at radius 3 is 2.62 bits per heavy atom. The first-order valence-electron chi connectivity index (χ1n) is 8.10. The van der Waals surface area contributed by atoms with E-state index in [0.29, 0.717) is 6.54 Å². The number of nitrogens with two attached hydrogens (primary N) is 1. The maximum Gasteiger partial charge on any atom is 0.237 e. The summed E-state index contributed by atoms with van der Waals surface area (Å²) in [5, 5.41) is 2.96. The number of hydrazine groups is 1. The fourth-order valence-corrected chi connectivity index (χ4v) is 3.92. The first-order chi connectivity index (χ1) is 11.6. The van der Waals surface area contributed by atoms with Crippen LogP contribution in [0.1, 0.15) is 18.7 Å². The maximum absolute atomic E-state index is 12.5. The van der Waals surface area contributed by atoms with E-state index < -0.39 is 6.04 Å². The molecule has 0 spiro atoms. The van der Waals surface area contributed by atoms with Crippen molar-refractivity contribution >= 4 is 17.2 Å². The van der Waals surface area contributed by atoms with Crippen LogP contribution in [0.25, 0.3) is 11.3 Å². The van der Waals surface area contributed by atoms with E-state index in [9.17, 15) is 4.79 Å². The van der Waals surface area contributed by atoms with E-state index in [1.807, 2.05) is 44.2 Å². The standard InChI is InChI=1S/C17H23N5OS/c1-10-14(11(2)22-21-10)15(18)17(23)19-8-13-16(20-9-24-13)12-6-4-3-5-7-12/h3-7,9-11,14-15,21-22H,8,18H2,1-2H3,(H,19,23). The molecule has 7 heteroatoms. The van der Waals surface area contributed by atoms with E-state index in [2.05, 4.69) is 21.2 Å². The Balaban J connectivity index is 1.64. The molecule has 1 amide bonds. The Morgan fingerprint density at radius 1 is 1.29 bits per heavy atom. The molecule has 3 rings (SSSR count). The minimum atomic E-state index is -0.550. The lowest BCUT2D eigenvalue weighted by molar-refractivity contribution is -0.123. The Hall–Kier alpha value is -1.80. The van der Waals surface area contributed by atoms with Gasteiger partial charge in [-0.05, 0) is 13.8 Å². The topological polar surface area (TPSA) is 92.1 Å². The van der Waals surface area contributed by atoms with Gasteiger partial charge < -0.3 is 11.1 Å². The molecule has 1 aliphatic heterocycles. The second kappa shape index (κ2) is 7.40. The zero-order valence-electron chi connectivity index (χ0n) is 13.8. The summed E-state index contributed by atoms with van der Waals surface area (Å²) in [5.74, 6) is -0.0725. The van der Waals surface area contributed by atoms with Crippen LogP contribution in [0.5, 0.6) is 0 Å². The molecule has 0 radical (unpaired) electrons. The highest BCUT2D eigenvalue weighted by Crippen LogP contribution is 2.25. The second-order valence-electron chi connectivity index (χ2n) is 6.18. The van der Waals surface area contributed by atoms with Gasteiger partial charge in [-0.15, -0.1) is 11.3 Å². The van der Waals surface area contributed by atoms with E-state index in [1.165, 1.54) is 0 Å². The van der Waals surface area contributed by atoms with E-state index in [0.717, 1.165) is 16.1 Å². The van der Waals surface area contributed by atoms with Crippen molar-refractivity contribution in [2.75, 3.05) is 0 Å². The molecular formula is C17H23N5OS. The normalized spacial score (nSPS) is 24.7. The van der Waals surface area contributed by atoms with Crippen molar-refractivity contribution in [3.63, 3.8) is 0 Å². The zero-order valence-corrected chi connectivity index (χ0v) is 14.6. The molecule has 0 saturated carbocycles. The van der Waals surface area contributed by atoms with Crippen molar-refractivity contribution in [1.29, 1.82) is 0 Å². The van der Waals surface area contributed by atoms with Crippen molar-refractivity contribution in [3.05, 3.63) is 40.7 Å². The van der Waals surface area contributed by atoms with Gasteiger partial charge in [0.15, 0.2) is 0 Å². The molecule has 1 aliphatic rings. The average Bonchev–Trinajstić information content (AvgIpc) is 3.19. The number of carbonyl (C=O) groups excluding carboxylic acids is 1. The lowest BCUT2D eigenvalue weighted by atomic mass is 9.88. The van der Waals surface area contributed by atoms with Gasteiger partial charge in [0, 0.05) is 23.6 Å². The Bertz CT molecular complexity index is 679. The summed E-state index contributed by atoms with van der Waals surface area (Å²) in [6.07, 6.45) is 0. The molecule has 0 bridgehead atoms. The van der Waals surface area contributed by atoms with Gasteiger partial charge in [0.1, 0.15) is 0 Å². The van der Waals surface area contributed by atoms with Crippen molar-refractivity contribution in [2.24, 2.45) is 11.7 Å². The highest BCUT2D eigenvalue weighted by atomic mass is 32.1. The van der Waals surface area contributed by atoms with E-state index in [1.54, 1.807) is 16.8 Å². The Morgan fingerprint density at radius 2 is 1.96 bits per heavy atom. The Labute approximate surface area is 145 Å². The predicted molar refractivity (Wildman–Crippen MR) is 96.1 cm³/mol. The second-order valence-corrected chi connectivity index (χ2v) is 7.12. The molecule has 3 atom stereocenters. The molecule has 24 heavy (non-hydrogen) atoms. The third-order valence-electron chi connectivity index (χ3n) is 4.52. The third kappa shape index (κ3) is 3.49. The van der Waals surface area contributed by atoms with Crippen LogP contribution >= 0.6 is 11.3 Å². The van der Waals surface area contributed by atoms with Crippen LogP contribution in [0.15, 0.2) is 35.8 Å². The number of rotatable bonds is 5. The van der Waals surface area contributed by atoms with Crippen molar-refractivity contribution < 1.29 is 4.79 Å². The van der Waals surface area contributed by atoms with Crippen LogP contribution < -0.4 is 21.9 Å². The molecule has 6 nitrogen and oxygen atoms in total. The molecular weight excluding hydrogens is 322 g/mol. The fraction of sp³-hybridized carbons (Fsp3) is 0.412. The molecule has 1 aromatic heterocycles. The van der Waals surface area contributed by atoms with Crippen LogP contribution in [0.3, 0.4) is 0 Å². The van der Waals surface area contributed by atoms with Gasteiger partial charge in [-0.2, -0.15) is 0 Å². The summed E-state index contributed by atoms with van der Waals surface area (Å²) in [5.41, 5.74) is 16.2. The van der Waals surface area contributed by atoms with Gasteiger partial charge in [-0.1, -0.05) is 30.3 Å². The lowest BCUT2D eigenvalue weighted by Crippen LogP contribution is -2.50. The smallest absolute Gasteiger partial charge is 0.237 e. The SMILES string of the molecule is CC1NNC(C)C1C(N)C(=O)NCc1scnc1-c1ccccc1. The predicted octanol–water partition coefficient (Wildman–Crippen LogP) is 1.25. The quantitative estimate of drug-likeness (QED) is 0.655. The number of thiazole rings is 1. The summed E-state index contributed by atoms with van der Waals surface area (Å²) >= 11 is 1.54. The maximum atomic E-state index is 12.5. The van der Waals surface area contributed by atoms with Gasteiger partial charge in [-0.25, -0.2) is 4.98 Å². The fourth-order valence-electron chi connectivity index (χ4n) is 3.20. The minimum absolute atomic E-state index is 0.0556. The number of nitrogens with zero attached hydrogens (tertiary/aromatic N) is 1. The minimum Gasteiger partial charge on any atom is -0.350 e. The van der Waals surface area contributed by atoms with Crippen LogP contribution in [0.4, 0.5) is 0 Å². The molecule has 1 saturated heterocycles. The highest BCUT2D eigenvalue weighted by molar-refractivity contribution is 7.10. The summed E-state index contributed by atoms with van der Waals surface area (Å²) < 4.78 is 0. The number of amides is 1. The summed E-state index contributed by atoms with van der Waals surface area (Å²) in [4.78, 5) is 17.9. The van der Waals surface area contributed by atoms with Gasteiger partial charge in [0.25, 0.3) is 0 Å². The zero-order chi connectivity index (χ0) is 17.1. The first-order valence-corrected chi connectivity index (χ1v) is 8.98. The molecule has 1 aromatic carbocycles. The number of carbonyl (C=O) groups is 1. The number of hydrogen-bond donors (Lipinski definition) is 4. The first kappa shape index (κ1) is 17.0. The van der Waals surface area contributed by atoms with Crippen molar-refractivity contribution in [1.82, 2.24) is 21.2 Å². The summed E-state index contributed by atoms with van der Waals surface area (Å²) in [7, 11) is 0. The Kier molecular flexibility index (Phi) is 5.25. The van der Waals surface area contributed by atoms with E-state index in [-0.39, 0.29) is 23.9 Å². The van der Waals surface area contributed by atoms with Gasteiger partial charge in [0.2, 0.25) is 5.91 Å². The van der Waals surface area contributed by atoms with Crippen molar-refractivity contribution in [2.45, 2.75) is 38.5 Å². The number of hydrogen-bond acceptors (Lipinski definition) is 6. The number of aromatic nitrogens is 1. The molecule has 3 unspecified atom stereocenters. The van der Waals surface area contributed by atoms with Crippen LogP contribution in [0, 0.1) is 5.92 Å². The molecule has 2 heterocycles. The number of nitrogens with one attached hydrogen (secondary N) is 3.